The SMILES string of the molecule is CSc1ccc2c(c1)CCNC2C(=O)Nc1ccc(-c2ccc(C(O)(C(F)(F)F)C(F)(F)F)cc2F)cc1. The number of carbonyl (C=O) groups excluding carboxylic acids is 1. The molecule has 1 unspecified atom stereocenters. The van der Waals surface area contributed by atoms with E-state index >= 15 is 0 Å². The lowest BCUT2D eigenvalue weighted by atomic mass is 9.90. The Morgan fingerprint density at radius 2 is 1.63 bits per heavy atom. The lowest BCUT2D eigenvalue weighted by molar-refractivity contribution is -0.376. The molecule has 38 heavy (non-hydrogen) atoms. The van der Waals surface area contributed by atoms with Gasteiger partial charge in [-0.2, -0.15) is 26.3 Å². The molecule has 0 saturated carbocycles. The van der Waals surface area contributed by atoms with Gasteiger partial charge in [0.05, 0.1) is 0 Å². The van der Waals surface area contributed by atoms with Crippen LogP contribution in [-0.4, -0.2) is 36.2 Å². The molecule has 202 valence electrons. The number of fused-ring (bicyclic) bond motifs is 1. The first-order chi connectivity index (χ1) is 17.8. The molecule has 0 aliphatic carbocycles. The molecule has 0 spiro atoms. The number of carbonyl (C=O) groups is 1. The molecule has 4 rings (SSSR count). The summed E-state index contributed by atoms with van der Waals surface area (Å²) in [5.74, 6) is -1.72. The smallest absolute Gasteiger partial charge is 0.369 e. The monoisotopic (exact) mass is 558 g/mol. The Bertz CT molecular complexity index is 1330. The number of thioether (sulfide) groups is 1. The quantitative estimate of drug-likeness (QED) is 0.252. The summed E-state index contributed by atoms with van der Waals surface area (Å²) in [7, 11) is 0. The van der Waals surface area contributed by atoms with Gasteiger partial charge < -0.3 is 15.7 Å². The predicted octanol–water partition coefficient (Wildman–Crippen LogP) is 6.35. The molecule has 12 heteroatoms. The summed E-state index contributed by atoms with van der Waals surface area (Å²) >= 11 is 1.60. The van der Waals surface area contributed by atoms with Crippen molar-refractivity contribution in [3.8, 4) is 11.1 Å². The van der Waals surface area contributed by atoms with Gasteiger partial charge in [-0.3, -0.25) is 4.79 Å². The molecule has 0 radical (unpaired) electrons. The van der Waals surface area contributed by atoms with E-state index in [0.717, 1.165) is 28.5 Å². The first-order valence-electron chi connectivity index (χ1n) is 11.2. The summed E-state index contributed by atoms with van der Waals surface area (Å²) in [6, 6.07) is 12.0. The zero-order chi connectivity index (χ0) is 27.9. The average Bonchev–Trinajstić information content (AvgIpc) is 2.86. The van der Waals surface area contributed by atoms with Gasteiger partial charge in [0.15, 0.2) is 0 Å². The number of hydrogen-bond acceptors (Lipinski definition) is 4. The first kappa shape index (κ1) is 27.9. The number of nitrogens with one attached hydrogen (secondary N) is 2. The van der Waals surface area contributed by atoms with Gasteiger partial charge in [-0.1, -0.05) is 30.3 Å². The highest BCUT2D eigenvalue weighted by atomic mass is 32.2. The third-order valence-corrected chi connectivity index (χ3v) is 7.06. The fourth-order valence-electron chi connectivity index (χ4n) is 4.31. The minimum atomic E-state index is -6.12. The van der Waals surface area contributed by atoms with Crippen molar-refractivity contribution in [2.45, 2.75) is 35.3 Å². The lowest BCUT2D eigenvalue weighted by Gasteiger charge is -2.32. The van der Waals surface area contributed by atoms with Crippen LogP contribution in [0.1, 0.15) is 22.7 Å². The fraction of sp³-hybridized carbons (Fsp3) is 0.269. The number of rotatable bonds is 5. The van der Waals surface area contributed by atoms with E-state index < -0.39 is 35.4 Å². The maximum Gasteiger partial charge on any atom is 0.430 e. The van der Waals surface area contributed by atoms with Crippen LogP contribution in [0.25, 0.3) is 11.1 Å². The molecule has 0 bridgehead atoms. The highest BCUT2D eigenvalue weighted by Crippen LogP contribution is 2.50. The molecule has 1 amide bonds. The average molecular weight is 559 g/mol. The van der Waals surface area contributed by atoms with E-state index in [1.54, 1.807) is 11.8 Å². The van der Waals surface area contributed by atoms with Crippen molar-refractivity contribution in [3.05, 3.63) is 83.2 Å². The number of amides is 1. The van der Waals surface area contributed by atoms with Crippen LogP contribution in [0.15, 0.2) is 65.6 Å². The Morgan fingerprint density at radius 3 is 2.21 bits per heavy atom. The van der Waals surface area contributed by atoms with Crippen LogP contribution in [-0.2, 0) is 16.8 Å². The molecule has 1 aliphatic heterocycles. The zero-order valence-electron chi connectivity index (χ0n) is 19.7. The number of hydrogen-bond donors (Lipinski definition) is 3. The Balaban J connectivity index is 1.54. The van der Waals surface area contributed by atoms with Crippen LogP contribution in [0.3, 0.4) is 0 Å². The van der Waals surface area contributed by atoms with Crippen molar-refractivity contribution in [2.24, 2.45) is 0 Å². The van der Waals surface area contributed by atoms with Crippen molar-refractivity contribution in [1.82, 2.24) is 5.32 Å². The molecule has 1 atom stereocenters. The maximum absolute atomic E-state index is 14.7. The second-order valence-electron chi connectivity index (χ2n) is 8.67. The van der Waals surface area contributed by atoms with Crippen molar-refractivity contribution < 1.29 is 40.6 Å². The van der Waals surface area contributed by atoms with Gasteiger partial charge in [-0.15, -0.1) is 11.8 Å². The van der Waals surface area contributed by atoms with Gasteiger partial charge in [-0.05, 0) is 59.7 Å². The van der Waals surface area contributed by atoms with E-state index in [1.807, 2.05) is 24.5 Å². The van der Waals surface area contributed by atoms with Crippen molar-refractivity contribution in [2.75, 3.05) is 18.1 Å². The summed E-state index contributed by atoms with van der Waals surface area (Å²) in [5, 5.41) is 15.4. The molecular weight excluding hydrogens is 537 g/mol. The molecule has 1 heterocycles. The minimum Gasteiger partial charge on any atom is -0.369 e. The van der Waals surface area contributed by atoms with Crippen LogP contribution in [0.2, 0.25) is 0 Å². The molecular formula is C26H21F7N2O2S. The number of halogens is 7. The van der Waals surface area contributed by atoms with Gasteiger partial charge in [0.25, 0.3) is 5.60 Å². The van der Waals surface area contributed by atoms with Crippen LogP contribution in [0, 0.1) is 5.82 Å². The van der Waals surface area contributed by atoms with E-state index in [1.165, 1.54) is 24.3 Å². The van der Waals surface area contributed by atoms with E-state index in [-0.39, 0.29) is 23.1 Å². The van der Waals surface area contributed by atoms with Crippen LogP contribution in [0.5, 0.6) is 0 Å². The second-order valence-corrected chi connectivity index (χ2v) is 9.55. The first-order valence-corrected chi connectivity index (χ1v) is 12.5. The van der Waals surface area contributed by atoms with Gasteiger partial charge in [0, 0.05) is 28.3 Å². The van der Waals surface area contributed by atoms with E-state index in [4.69, 9.17) is 0 Å². The molecule has 3 aromatic rings. The summed E-state index contributed by atoms with van der Waals surface area (Å²) < 4.78 is 93.3. The Kier molecular flexibility index (Phi) is 7.52. The largest absolute Gasteiger partial charge is 0.430 e. The molecule has 4 nitrogen and oxygen atoms in total. The van der Waals surface area contributed by atoms with E-state index in [2.05, 4.69) is 10.6 Å². The highest BCUT2D eigenvalue weighted by Gasteiger charge is 2.71. The predicted molar refractivity (Wildman–Crippen MR) is 129 cm³/mol. The fourth-order valence-corrected chi connectivity index (χ4v) is 4.78. The summed E-state index contributed by atoms with van der Waals surface area (Å²) in [6.45, 7) is 0.606. The number of benzene rings is 3. The number of alkyl halides is 6. The molecule has 3 N–H and O–H groups in total. The molecule has 3 aromatic carbocycles. The number of anilines is 1. The van der Waals surface area contributed by atoms with Crippen molar-refractivity contribution in [1.29, 1.82) is 0 Å². The van der Waals surface area contributed by atoms with Gasteiger partial charge in [0.1, 0.15) is 11.9 Å². The van der Waals surface area contributed by atoms with Crippen molar-refractivity contribution >= 4 is 23.4 Å². The van der Waals surface area contributed by atoms with Gasteiger partial charge in [0.2, 0.25) is 5.91 Å². The van der Waals surface area contributed by atoms with Crippen LogP contribution in [0.4, 0.5) is 36.4 Å². The third kappa shape index (κ3) is 5.12. The van der Waals surface area contributed by atoms with Crippen molar-refractivity contribution in [3.63, 3.8) is 0 Å². The summed E-state index contributed by atoms with van der Waals surface area (Å²) in [6.07, 6.45) is -9.51. The molecule has 1 aliphatic rings. The molecule has 0 aromatic heterocycles. The van der Waals surface area contributed by atoms with E-state index in [0.29, 0.717) is 18.3 Å². The normalized spacial score (nSPS) is 16.2. The zero-order valence-corrected chi connectivity index (χ0v) is 20.5. The van der Waals surface area contributed by atoms with Crippen LogP contribution < -0.4 is 10.6 Å². The molecule has 0 fully saturated rings. The Labute approximate surface area is 217 Å². The van der Waals surface area contributed by atoms with E-state index in [9.17, 15) is 40.6 Å². The second kappa shape index (κ2) is 10.2. The third-order valence-electron chi connectivity index (χ3n) is 6.34. The van der Waals surface area contributed by atoms with Crippen LogP contribution >= 0.6 is 11.8 Å². The summed E-state index contributed by atoms with van der Waals surface area (Å²) in [4.78, 5) is 14.0. The lowest BCUT2D eigenvalue weighted by Crippen LogP contribution is -2.53. The summed E-state index contributed by atoms with van der Waals surface area (Å²) in [5.41, 5.74) is -4.79. The van der Waals surface area contributed by atoms with Gasteiger partial charge >= 0.3 is 12.4 Å². The maximum atomic E-state index is 14.7. The molecule has 0 saturated heterocycles. The highest BCUT2D eigenvalue weighted by molar-refractivity contribution is 7.98. The standard InChI is InChI=1S/C26H21F7N2O2S/c1-38-18-7-9-20-15(12-18)10-11-34-22(20)23(36)35-17-5-2-14(3-6-17)19-8-4-16(13-21(19)27)24(37,25(28,29)30)26(31,32)33/h2-9,12-13,22,34,37H,10-11H2,1H3,(H,35,36). The topological polar surface area (TPSA) is 61.4 Å². The number of aliphatic hydroxyl groups is 1. The minimum absolute atomic E-state index is 0.0145. The Morgan fingerprint density at radius 1 is 0.974 bits per heavy atom. The van der Waals surface area contributed by atoms with Gasteiger partial charge in [-0.25, -0.2) is 4.39 Å². The Hall–Kier alpha value is -3.09.